The number of fused-ring (bicyclic) bond motifs is 1. The largest absolute Gasteiger partial charge is 0.385 e. The molecule has 32 heavy (non-hydrogen) atoms. The zero-order valence-corrected chi connectivity index (χ0v) is 18.7. The molecule has 7 heteroatoms. The van der Waals surface area contributed by atoms with Gasteiger partial charge in [-0.05, 0) is 44.4 Å². The Morgan fingerprint density at radius 1 is 1.03 bits per heavy atom. The number of aliphatic hydroxyl groups is 2. The highest BCUT2D eigenvalue weighted by Crippen LogP contribution is 2.46. The molecule has 2 aromatic carbocycles. The average Bonchev–Trinajstić information content (AvgIpc) is 3.22. The summed E-state index contributed by atoms with van der Waals surface area (Å²) in [7, 11) is 0. The maximum Gasteiger partial charge on any atom is 0.196 e. The summed E-state index contributed by atoms with van der Waals surface area (Å²) in [5.41, 5.74) is 0.930. The summed E-state index contributed by atoms with van der Waals surface area (Å²) in [6, 6.07) is 16.6. The number of carbonyl (C=O) groups is 1. The van der Waals surface area contributed by atoms with Crippen molar-refractivity contribution in [3.05, 3.63) is 71.3 Å². The first-order chi connectivity index (χ1) is 15.1. The van der Waals surface area contributed by atoms with Crippen molar-refractivity contribution in [3.8, 4) is 0 Å². The van der Waals surface area contributed by atoms with Gasteiger partial charge < -0.3 is 29.2 Å². The van der Waals surface area contributed by atoms with Gasteiger partial charge in [-0.1, -0.05) is 54.6 Å². The Labute approximate surface area is 187 Å². The van der Waals surface area contributed by atoms with E-state index in [1.807, 2.05) is 49.4 Å². The molecule has 3 unspecified atom stereocenters. The average molecular weight is 443 g/mol. The number of ether oxygens (including phenoxy) is 4. The van der Waals surface area contributed by atoms with Gasteiger partial charge in [0.2, 0.25) is 0 Å². The number of benzene rings is 2. The second-order valence-electron chi connectivity index (χ2n) is 9.05. The summed E-state index contributed by atoms with van der Waals surface area (Å²) in [5.74, 6) is -1.59. The predicted molar refractivity (Wildman–Crippen MR) is 115 cm³/mol. The van der Waals surface area contributed by atoms with Gasteiger partial charge in [0.15, 0.2) is 24.0 Å². The number of Topliss-reactive ketones (excluding diaryl/α,β-unsaturated/α-hetero) is 1. The van der Waals surface area contributed by atoms with Crippen LogP contribution in [0.3, 0.4) is 0 Å². The third-order valence-corrected chi connectivity index (χ3v) is 6.16. The fourth-order valence-electron chi connectivity index (χ4n) is 4.36. The number of carbonyl (C=O) groups excluding carboxylic acids is 1. The molecular formula is C25H30O7. The van der Waals surface area contributed by atoms with Crippen molar-refractivity contribution in [2.45, 2.75) is 76.4 Å². The second kappa shape index (κ2) is 8.67. The fraction of sp³-hybridized carbons (Fsp3) is 0.480. The normalized spacial score (nSPS) is 30.6. The van der Waals surface area contributed by atoms with Crippen LogP contribution in [0.2, 0.25) is 0 Å². The molecule has 4 rings (SSSR count). The van der Waals surface area contributed by atoms with E-state index in [9.17, 15) is 15.0 Å². The molecule has 2 aliphatic heterocycles. The second-order valence-corrected chi connectivity index (χ2v) is 9.05. The van der Waals surface area contributed by atoms with Crippen molar-refractivity contribution in [2.24, 2.45) is 0 Å². The van der Waals surface area contributed by atoms with Crippen molar-refractivity contribution < 1.29 is 34.0 Å². The molecule has 0 saturated carbocycles. The zero-order chi connectivity index (χ0) is 23.1. The topological polar surface area (TPSA) is 94.5 Å². The van der Waals surface area contributed by atoms with E-state index in [-0.39, 0.29) is 6.61 Å². The number of aryl methyl sites for hydroxylation is 1. The standard InChI is InChI=1S/C25H30O7/c1-15-10-8-9-13-17(15)18(26)19(27)20(28)21-25(4,29-14-16-11-6-5-7-12-16)22-23(30-21)32-24(2,3)31-22/h5-13,18-19,21-23,26-27H,14H2,1-4H3/t18?,19?,21-,22+,23?,25-/m1/s1. The van der Waals surface area contributed by atoms with Gasteiger partial charge in [-0.25, -0.2) is 0 Å². The van der Waals surface area contributed by atoms with E-state index in [2.05, 4.69) is 0 Å². The van der Waals surface area contributed by atoms with Gasteiger partial charge in [-0.2, -0.15) is 0 Å². The number of hydrogen-bond acceptors (Lipinski definition) is 7. The monoisotopic (exact) mass is 442 g/mol. The SMILES string of the molecule is Cc1ccccc1C(O)C(O)C(=O)[C@H]1OC2OC(C)(C)O[C@@H]2[C@]1(C)OCc1ccccc1. The Kier molecular flexibility index (Phi) is 6.24. The van der Waals surface area contributed by atoms with E-state index in [1.165, 1.54) is 0 Å². The van der Waals surface area contributed by atoms with Crippen molar-refractivity contribution >= 4 is 5.78 Å². The van der Waals surface area contributed by atoms with E-state index in [0.717, 1.165) is 11.1 Å². The number of hydrogen-bond donors (Lipinski definition) is 2. The molecule has 0 amide bonds. The summed E-state index contributed by atoms with van der Waals surface area (Å²) in [6.07, 6.45) is -5.80. The summed E-state index contributed by atoms with van der Waals surface area (Å²) in [5, 5.41) is 21.5. The Balaban J connectivity index is 1.59. The van der Waals surface area contributed by atoms with Crippen LogP contribution in [-0.4, -0.2) is 52.0 Å². The minimum absolute atomic E-state index is 0.216. The minimum Gasteiger partial charge on any atom is -0.385 e. The Bertz CT molecular complexity index is 960. The van der Waals surface area contributed by atoms with Crippen LogP contribution in [0.15, 0.2) is 54.6 Å². The third kappa shape index (κ3) is 4.24. The summed E-state index contributed by atoms with van der Waals surface area (Å²) >= 11 is 0. The molecule has 0 aromatic heterocycles. The van der Waals surface area contributed by atoms with Gasteiger partial charge in [0.25, 0.3) is 0 Å². The number of aliphatic hydroxyl groups excluding tert-OH is 2. The van der Waals surface area contributed by atoms with Gasteiger partial charge in [0, 0.05) is 0 Å². The lowest BCUT2D eigenvalue weighted by atomic mass is 9.87. The van der Waals surface area contributed by atoms with Crippen LogP contribution in [0, 0.1) is 6.92 Å². The van der Waals surface area contributed by atoms with Crippen LogP contribution in [0.5, 0.6) is 0 Å². The third-order valence-electron chi connectivity index (χ3n) is 6.16. The molecule has 2 heterocycles. The summed E-state index contributed by atoms with van der Waals surface area (Å²) in [4.78, 5) is 13.4. The van der Waals surface area contributed by atoms with Gasteiger partial charge >= 0.3 is 0 Å². The lowest BCUT2D eigenvalue weighted by Gasteiger charge is -2.35. The maximum absolute atomic E-state index is 13.4. The van der Waals surface area contributed by atoms with Crippen molar-refractivity contribution in [1.82, 2.24) is 0 Å². The highest BCUT2D eigenvalue weighted by atomic mass is 16.8. The predicted octanol–water partition coefficient (Wildman–Crippen LogP) is 2.81. The number of rotatable bonds is 7. The maximum atomic E-state index is 13.4. The first-order valence-electron chi connectivity index (χ1n) is 10.8. The van der Waals surface area contributed by atoms with Crippen LogP contribution in [0.25, 0.3) is 0 Å². The quantitative estimate of drug-likeness (QED) is 0.681. The molecule has 7 nitrogen and oxygen atoms in total. The zero-order valence-electron chi connectivity index (χ0n) is 18.7. The molecule has 2 N–H and O–H groups in total. The molecule has 0 bridgehead atoms. The molecule has 0 aliphatic carbocycles. The van der Waals surface area contributed by atoms with Gasteiger partial charge in [0.05, 0.1) is 6.61 Å². The molecule has 6 atom stereocenters. The lowest BCUT2D eigenvalue weighted by Crippen LogP contribution is -2.54. The molecule has 0 spiro atoms. The van der Waals surface area contributed by atoms with Crippen LogP contribution >= 0.6 is 0 Å². The smallest absolute Gasteiger partial charge is 0.196 e. The van der Waals surface area contributed by atoms with Crippen molar-refractivity contribution in [2.75, 3.05) is 0 Å². The summed E-state index contributed by atoms with van der Waals surface area (Å²) < 4.78 is 24.0. The van der Waals surface area contributed by atoms with E-state index in [1.54, 1.807) is 32.9 Å². The minimum atomic E-state index is -1.70. The van der Waals surface area contributed by atoms with E-state index < -0.39 is 47.9 Å². The summed E-state index contributed by atoms with van der Waals surface area (Å²) in [6.45, 7) is 7.28. The molecule has 2 saturated heterocycles. The van der Waals surface area contributed by atoms with Crippen molar-refractivity contribution in [3.63, 3.8) is 0 Å². The molecular weight excluding hydrogens is 412 g/mol. The lowest BCUT2D eigenvalue weighted by molar-refractivity contribution is -0.235. The van der Waals surface area contributed by atoms with Gasteiger partial charge in [0.1, 0.15) is 23.9 Å². The Morgan fingerprint density at radius 3 is 2.38 bits per heavy atom. The molecule has 2 aromatic rings. The molecule has 2 fully saturated rings. The fourth-order valence-corrected chi connectivity index (χ4v) is 4.36. The first kappa shape index (κ1) is 23.0. The Hall–Kier alpha value is -2.13. The van der Waals surface area contributed by atoms with E-state index in [0.29, 0.717) is 5.56 Å². The van der Waals surface area contributed by atoms with E-state index in [4.69, 9.17) is 18.9 Å². The van der Waals surface area contributed by atoms with Crippen molar-refractivity contribution in [1.29, 1.82) is 0 Å². The van der Waals surface area contributed by atoms with Crippen LogP contribution < -0.4 is 0 Å². The highest BCUT2D eigenvalue weighted by molar-refractivity contribution is 5.89. The molecule has 172 valence electrons. The Morgan fingerprint density at radius 2 is 1.69 bits per heavy atom. The van der Waals surface area contributed by atoms with Crippen LogP contribution in [-0.2, 0) is 30.3 Å². The highest BCUT2D eigenvalue weighted by Gasteiger charge is 2.65. The van der Waals surface area contributed by atoms with Gasteiger partial charge in [-0.3, -0.25) is 4.79 Å². The number of ketones is 1. The molecule has 2 aliphatic rings. The van der Waals surface area contributed by atoms with Crippen LogP contribution in [0.1, 0.15) is 43.6 Å². The van der Waals surface area contributed by atoms with E-state index >= 15 is 0 Å². The molecule has 0 radical (unpaired) electrons. The van der Waals surface area contributed by atoms with Gasteiger partial charge in [-0.15, -0.1) is 0 Å². The van der Waals surface area contributed by atoms with Crippen LogP contribution in [0.4, 0.5) is 0 Å². The first-order valence-corrected chi connectivity index (χ1v) is 10.8.